The molecule has 26 heavy (non-hydrogen) atoms. The lowest BCUT2D eigenvalue weighted by Gasteiger charge is -2.26. The lowest BCUT2D eigenvalue weighted by atomic mass is 10.0. The molecule has 0 saturated carbocycles. The predicted octanol–water partition coefficient (Wildman–Crippen LogP) is 4.32. The molecule has 1 amide bonds. The Balaban J connectivity index is 1.59. The molecule has 2 aromatic heterocycles. The zero-order valence-electron chi connectivity index (χ0n) is 15.3. The van der Waals surface area contributed by atoms with Gasteiger partial charge in [0.25, 0.3) is 5.91 Å². The number of benzene rings is 1. The maximum Gasteiger partial charge on any atom is 0.261 e. The third-order valence-corrected chi connectivity index (χ3v) is 5.78. The van der Waals surface area contributed by atoms with E-state index in [4.69, 9.17) is 4.74 Å². The van der Waals surface area contributed by atoms with E-state index >= 15 is 0 Å². The van der Waals surface area contributed by atoms with Crippen LogP contribution in [0.25, 0.3) is 10.2 Å². The summed E-state index contributed by atoms with van der Waals surface area (Å²) in [7, 11) is 0. The smallest absolute Gasteiger partial charge is 0.261 e. The summed E-state index contributed by atoms with van der Waals surface area (Å²) in [6.07, 6.45) is 0.786. The largest absolute Gasteiger partial charge is 0.493 e. The second kappa shape index (κ2) is 6.76. The molecule has 1 aromatic carbocycles. The van der Waals surface area contributed by atoms with E-state index in [0.717, 1.165) is 45.1 Å². The molecule has 1 aliphatic rings. The van der Waals surface area contributed by atoms with Crippen LogP contribution in [-0.2, 0) is 6.54 Å². The highest BCUT2D eigenvalue weighted by Gasteiger charge is 2.24. The second-order valence-electron chi connectivity index (χ2n) is 7.19. The Morgan fingerprint density at radius 3 is 3.04 bits per heavy atom. The van der Waals surface area contributed by atoms with Crippen molar-refractivity contribution in [2.45, 2.75) is 39.8 Å². The zero-order chi connectivity index (χ0) is 18.3. The Bertz CT molecular complexity index is 957. The molecule has 3 heterocycles. The molecule has 0 bridgehead atoms. The highest BCUT2D eigenvalue weighted by molar-refractivity contribution is 7.20. The summed E-state index contributed by atoms with van der Waals surface area (Å²) in [5.74, 6) is 1.35. The third-order valence-electron chi connectivity index (χ3n) is 4.63. The number of carbonyl (C=O) groups excluding carboxylic acids is 1. The molecular weight excluding hydrogens is 346 g/mol. The van der Waals surface area contributed by atoms with Crippen molar-refractivity contribution >= 4 is 27.5 Å². The molecule has 0 saturated heterocycles. The van der Waals surface area contributed by atoms with Gasteiger partial charge in [-0.2, -0.15) is 5.10 Å². The lowest BCUT2D eigenvalue weighted by molar-refractivity contribution is 0.0929. The molecule has 1 atom stereocenters. The third kappa shape index (κ3) is 3.09. The van der Waals surface area contributed by atoms with Crippen LogP contribution in [0.2, 0.25) is 0 Å². The standard InChI is InChI=1S/C20H23N3O2S/c1-12(2)11-23-20-15(13(3)22-23)10-18(26-20)19(24)21-16-8-9-25-17-7-5-4-6-14(16)17/h4-7,10,12,16H,8-9,11H2,1-3H3,(H,21,24)/t16-/m0/s1. The number of nitrogens with one attached hydrogen (secondary N) is 1. The lowest BCUT2D eigenvalue weighted by Crippen LogP contribution is -2.31. The summed E-state index contributed by atoms with van der Waals surface area (Å²) in [6, 6.07) is 9.88. The van der Waals surface area contributed by atoms with Gasteiger partial charge in [-0.05, 0) is 25.0 Å². The van der Waals surface area contributed by atoms with Crippen molar-refractivity contribution in [2.75, 3.05) is 6.61 Å². The van der Waals surface area contributed by atoms with Crippen molar-refractivity contribution in [3.05, 3.63) is 46.5 Å². The molecule has 6 heteroatoms. The quantitative estimate of drug-likeness (QED) is 0.745. The molecule has 3 aromatic rings. The number of fused-ring (bicyclic) bond motifs is 2. The van der Waals surface area contributed by atoms with Gasteiger partial charge in [-0.25, -0.2) is 0 Å². The van der Waals surface area contributed by atoms with Gasteiger partial charge in [0.05, 0.1) is 23.2 Å². The van der Waals surface area contributed by atoms with Gasteiger partial charge in [0.15, 0.2) is 0 Å². The van der Waals surface area contributed by atoms with Crippen molar-refractivity contribution < 1.29 is 9.53 Å². The number of rotatable bonds is 4. The van der Waals surface area contributed by atoms with Crippen molar-refractivity contribution in [3.8, 4) is 5.75 Å². The molecule has 0 fully saturated rings. The molecule has 0 radical (unpaired) electrons. The van der Waals surface area contributed by atoms with Gasteiger partial charge in [0.2, 0.25) is 0 Å². The predicted molar refractivity (Wildman–Crippen MR) is 104 cm³/mol. The SMILES string of the molecule is Cc1nn(CC(C)C)c2sc(C(=O)N[C@H]3CCOc4ccccc43)cc12. The van der Waals surface area contributed by atoms with Crippen molar-refractivity contribution in [1.29, 1.82) is 0 Å². The average Bonchev–Trinajstić information content (AvgIpc) is 3.17. The van der Waals surface area contributed by atoms with Gasteiger partial charge in [-0.1, -0.05) is 32.0 Å². The molecule has 136 valence electrons. The first-order valence-electron chi connectivity index (χ1n) is 9.02. The number of ether oxygens (including phenoxy) is 1. The van der Waals surface area contributed by atoms with Gasteiger partial charge in [0.1, 0.15) is 10.6 Å². The number of para-hydroxylation sites is 1. The van der Waals surface area contributed by atoms with Crippen LogP contribution in [0.15, 0.2) is 30.3 Å². The summed E-state index contributed by atoms with van der Waals surface area (Å²) in [5, 5.41) is 8.88. The topological polar surface area (TPSA) is 56.2 Å². The number of aromatic nitrogens is 2. The minimum atomic E-state index is -0.0246. The monoisotopic (exact) mass is 369 g/mol. The number of aryl methyl sites for hydroxylation is 1. The van der Waals surface area contributed by atoms with Gasteiger partial charge < -0.3 is 10.1 Å². The molecule has 4 rings (SSSR count). The van der Waals surface area contributed by atoms with Crippen LogP contribution in [0.4, 0.5) is 0 Å². The Hall–Kier alpha value is -2.34. The zero-order valence-corrected chi connectivity index (χ0v) is 16.1. The first-order chi connectivity index (χ1) is 12.5. The van der Waals surface area contributed by atoms with Crippen molar-refractivity contribution in [3.63, 3.8) is 0 Å². The van der Waals surface area contributed by atoms with E-state index in [1.165, 1.54) is 11.3 Å². The summed E-state index contributed by atoms with van der Waals surface area (Å²) >= 11 is 1.52. The van der Waals surface area contributed by atoms with Crippen LogP contribution in [0.1, 0.15) is 47.2 Å². The van der Waals surface area contributed by atoms with E-state index < -0.39 is 0 Å². The summed E-state index contributed by atoms with van der Waals surface area (Å²) in [6.45, 7) is 7.83. The van der Waals surface area contributed by atoms with Crippen LogP contribution < -0.4 is 10.1 Å². The first kappa shape index (κ1) is 17.1. The Morgan fingerprint density at radius 1 is 1.42 bits per heavy atom. The molecule has 0 unspecified atom stereocenters. The molecule has 5 nitrogen and oxygen atoms in total. The molecule has 0 aliphatic carbocycles. The van der Waals surface area contributed by atoms with E-state index in [9.17, 15) is 4.79 Å². The van der Waals surface area contributed by atoms with Gasteiger partial charge in [-0.3, -0.25) is 9.48 Å². The van der Waals surface area contributed by atoms with Crippen molar-refractivity contribution in [1.82, 2.24) is 15.1 Å². The fourth-order valence-electron chi connectivity index (χ4n) is 3.42. The Kier molecular flexibility index (Phi) is 4.44. The van der Waals surface area contributed by atoms with Gasteiger partial charge >= 0.3 is 0 Å². The van der Waals surface area contributed by atoms with Crippen LogP contribution in [0.5, 0.6) is 5.75 Å². The normalized spacial score (nSPS) is 16.5. The van der Waals surface area contributed by atoms with Crippen LogP contribution in [-0.4, -0.2) is 22.3 Å². The minimum absolute atomic E-state index is 0.00841. The molecule has 1 N–H and O–H groups in total. The number of hydrogen-bond acceptors (Lipinski definition) is 4. The van der Waals surface area contributed by atoms with Gasteiger partial charge in [0, 0.05) is 23.9 Å². The summed E-state index contributed by atoms with van der Waals surface area (Å²) in [5.41, 5.74) is 2.03. The number of thiophene rings is 1. The van der Waals surface area contributed by atoms with E-state index in [-0.39, 0.29) is 11.9 Å². The summed E-state index contributed by atoms with van der Waals surface area (Å²) < 4.78 is 7.71. The maximum atomic E-state index is 12.9. The van der Waals surface area contributed by atoms with Crippen LogP contribution in [0.3, 0.4) is 0 Å². The van der Waals surface area contributed by atoms with E-state index in [1.54, 1.807) is 0 Å². The van der Waals surface area contributed by atoms with E-state index in [0.29, 0.717) is 12.5 Å². The minimum Gasteiger partial charge on any atom is -0.493 e. The fourth-order valence-corrected chi connectivity index (χ4v) is 4.49. The Morgan fingerprint density at radius 2 is 2.23 bits per heavy atom. The van der Waals surface area contributed by atoms with E-state index in [1.807, 2.05) is 41.9 Å². The maximum absolute atomic E-state index is 12.9. The highest BCUT2D eigenvalue weighted by Crippen LogP contribution is 2.33. The van der Waals surface area contributed by atoms with Gasteiger partial charge in [-0.15, -0.1) is 11.3 Å². The van der Waals surface area contributed by atoms with E-state index in [2.05, 4.69) is 24.3 Å². The van der Waals surface area contributed by atoms with Crippen LogP contribution >= 0.6 is 11.3 Å². The molecular formula is C20H23N3O2S. The molecule has 1 aliphatic heterocycles. The van der Waals surface area contributed by atoms with Crippen molar-refractivity contribution in [2.24, 2.45) is 5.92 Å². The number of nitrogens with zero attached hydrogens (tertiary/aromatic N) is 2. The summed E-state index contributed by atoms with van der Waals surface area (Å²) in [4.78, 5) is 14.7. The average molecular weight is 369 g/mol. The van der Waals surface area contributed by atoms with Crippen LogP contribution in [0, 0.1) is 12.8 Å². The fraction of sp³-hybridized carbons (Fsp3) is 0.400. The highest BCUT2D eigenvalue weighted by atomic mass is 32.1. The number of hydrogen-bond donors (Lipinski definition) is 1. The number of amides is 1. The molecule has 0 spiro atoms. The Labute approximate surface area is 157 Å². The first-order valence-corrected chi connectivity index (χ1v) is 9.84. The second-order valence-corrected chi connectivity index (χ2v) is 8.22. The number of carbonyl (C=O) groups is 1.